The molecule has 0 saturated heterocycles. The zero-order valence-corrected chi connectivity index (χ0v) is 13.2. The zero-order valence-electron chi connectivity index (χ0n) is 10.8. The Bertz CT molecular complexity index is 664. The quantitative estimate of drug-likeness (QED) is 0.892. The molecule has 0 saturated carbocycles. The molecule has 0 atom stereocenters. The van der Waals surface area contributed by atoms with Gasteiger partial charge in [-0.25, -0.2) is 14.9 Å². The molecule has 2 aromatic rings. The van der Waals surface area contributed by atoms with Crippen LogP contribution in [0.5, 0.6) is 0 Å². The predicted molar refractivity (Wildman–Crippen MR) is 78.4 cm³/mol. The number of nitrogens with one attached hydrogen (secondary N) is 1. The molecule has 0 aromatic carbocycles. The lowest BCUT2D eigenvalue weighted by atomic mass is 10.3. The highest BCUT2D eigenvalue weighted by molar-refractivity contribution is 9.10. The van der Waals surface area contributed by atoms with E-state index in [4.69, 9.17) is 5.73 Å². The number of nitrogens with two attached hydrogens (primary N) is 1. The average Bonchev–Trinajstić information content (AvgIpc) is 2.71. The number of aromatic nitrogens is 4. The molecule has 0 bridgehead atoms. The topological polar surface area (TPSA) is 89.6 Å². The van der Waals surface area contributed by atoms with Gasteiger partial charge in [0.25, 0.3) is 0 Å². The van der Waals surface area contributed by atoms with Crippen LogP contribution in [0.2, 0.25) is 0 Å². The third kappa shape index (κ3) is 2.69. The van der Waals surface area contributed by atoms with Crippen molar-refractivity contribution in [3.8, 4) is 0 Å². The molecule has 2 rings (SSSR count). The minimum atomic E-state index is -0.221. The summed E-state index contributed by atoms with van der Waals surface area (Å²) in [5.74, 6) is 0. The fraction of sp³-hybridized carbons (Fsp3) is 0.364. The third-order valence-electron chi connectivity index (χ3n) is 2.65. The summed E-state index contributed by atoms with van der Waals surface area (Å²) in [5.41, 5.74) is 7.11. The van der Waals surface area contributed by atoms with Crippen LogP contribution in [0.15, 0.2) is 25.6 Å². The van der Waals surface area contributed by atoms with Crippen molar-refractivity contribution < 1.29 is 0 Å². The molecule has 0 amide bonds. The highest BCUT2D eigenvalue weighted by Gasteiger charge is 2.16. The molecule has 102 valence electrons. The standard InChI is InChI=1S/C11H14BrN5OS/c1-5(2)17-10(18)15-16-11(17)19-9-8(12)6(3)7(13)4-14-9/h4-5H,13H2,1-3H3,(H,15,18). The van der Waals surface area contributed by atoms with Gasteiger partial charge in [0.2, 0.25) is 0 Å². The van der Waals surface area contributed by atoms with Crippen molar-refractivity contribution in [3.05, 3.63) is 26.7 Å². The van der Waals surface area contributed by atoms with E-state index in [0.717, 1.165) is 15.1 Å². The van der Waals surface area contributed by atoms with Crippen LogP contribution in [0, 0.1) is 6.92 Å². The molecule has 0 fully saturated rings. The summed E-state index contributed by atoms with van der Waals surface area (Å²) in [6, 6.07) is 0.0300. The van der Waals surface area contributed by atoms with Crippen LogP contribution >= 0.6 is 27.7 Å². The molecular weight excluding hydrogens is 330 g/mol. The second kappa shape index (κ2) is 5.38. The fourth-order valence-electron chi connectivity index (χ4n) is 1.54. The first-order valence-electron chi connectivity index (χ1n) is 5.67. The van der Waals surface area contributed by atoms with Crippen molar-refractivity contribution in [3.63, 3.8) is 0 Å². The van der Waals surface area contributed by atoms with Crippen molar-refractivity contribution in [2.45, 2.75) is 37.0 Å². The third-order valence-corrected chi connectivity index (χ3v) is 4.85. The Kier molecular flexibility index (Phi) is 4.00. The van der Waals surface area contributed by atoms with Gasteiger partial charge >= 0.3 is 5.69 Å². The summed E-state index contributed by atoms with van der Waals surface area (Å²) in [6.07, 6.45) is 1.60. The second-order valence-electron chi connectivity index (χ2n) is 4.33. The van der Waals surface area contributed by atoms with Crippen LogP contribution in [0.4, 0.5) is 5.69 Å². The fourth-order valence-corrected chi connectivity index (χ4v) is 3.12. The van der Waals surface area contributed by atoms with Crippen molar-refractivity contribution >= 4 is 33.4 Å². The van der Waals surface area contributed by atoms with Gasteiger partial charge in [0.15, 0.2) is 5.16 Å². The summed E-state index contributed by atoms with van der Waals surface area (Å²) in [7, 11) is 0. The number of aromatic amines is 1. The van der Waals surface area contributed by atoms with Gasteiger partial charge in [-0.3, -0.25) is 4.57 Å². The van der Waals surface area contributed by atoms with E-state index >= 15 is 0 Å². The number of rotatable bonds is 3. The van der Waals surface area contributed by atoms with Crippen LogP contribution in [0.25, 0.3) is 0 Å². The first-order valence-corrected chi connectivity index (χ1v) is 7.28. The predicted octanol–water partition coefficient (Wildman–Crippen LogP) is 2.35. The van der Waals surface area contributed by atoms with Crippen LogP contribution in [-0.2, 0) is 0 Å². The lowest BCUT2D eigenvalue weighted by Crippen LogP contribution is -2.19. The minimum absolute atomic E-state index is 0.0300. The van der Waals surface area contributed by atoms with Crippen molar-refractivity contribution in [1.82, 2.24) is 19.7 Å². The van der Waals surface area contributed by atoms with Crippen molar-refractivity contribution in [2.24, 2.45) is 0 Å². The SMILES string of the molecule is Cc1c(N)cnc(Sc2n[nH]c(=O)n2C(C)C)c1Br. The highest BCUT2D eigenvalue weighted by atomic mass is 79.9. The van der Waals surface area contributed by atoms with Crippen LogP contribution < -0.4 is 11.4 Å². The summed E-state index contributed by atoms with van der Waals surface area (Å²) in [4.78, 5) is 15.9. The Hall–Kier alpha value is -1.28. The van der Waals surface area contributed by atoms with Gasteiger partial charge in [-0.2, -0.15) is 0 Å². The van der Waals surface area contributed by atoms with Crippen molar-refractivity contribution in [1.29, 1.82) is 0 Å². The normalized spacial score (nSPS) is 11.2. The first-order chi connectivity index (χ1) is 8.91. The van der Waals surface area contributed by atoms with E-state index in [0.29, 0.717) is 10.8 Å². The highest BCUT2D eigenvalue weighted by Crippen LogP contribution is 2.34. The molecule has 0 radical (unpaired) electrons. The maximum atomic E-state index is 11.7. The van der Waals surface area contributed by atoms with Gasteiger partial charge in [-0.1, -0.05) is 0 Å². The van der Waals surface area contributed by atoms with E-state index < -0.39 is 0 Å². The Morgan fingerprint density at radius 1 is 1.53 bits per heavy atom. The molecule has 19 heavy (non-hydrogen) atoms. The number of H-pyrrole nitrogens is 1. The van der Waals surface area contributed by atoms with Crippen molar-refractivity contribution in [2.75, 3.05) is 5.73 Å². The second-order valence-corrected chi connectivity index (χ2v) is 6.08. The Morgan fingerprint density at radius 2 is 2.21 bits per heavy atom. The largest absolute Gasteiger partial charge is 0.397 e. The van der Waals surface area contributed by atoms with Gasteiger partial charge in [0.05, 0.1) is 16.4 Å². The number of anilines is 1. The Morgan fingerprint density at radius 3 is 2.84 bits per heavy atom. The maximum absolute atomic E-state index is 11.7. The van der Waals surface area contributed by atoms with E-state index in [9.17, 15) is 4.79 Å². The van der Waals surface area contributed by atoms with Crippen LogP contribution in [0.3, 0.4) is 0 Å². The summed E-state index contributed by atoms with van der Waals surface area (Å²) in [5, 5.41) is 7.79. The van der Waals surface area contributed by atoms with E-state index in [1.54, 1.807) is 10.8 Å². The van der Waals surface area contributed by atoms with Crippen LogP contribution in [-0.4, -0.2) is 19.7 Å². The van der Waals surface area contributed by atoms with E-state index in [1.165, 1.54) is 11.8 Å². The summed E-state index contributed by atoms with van der Waals surface area (Å²) >= 11 is 4.79. The van der Waals surface area contributed by atoms with E-state index in [2.05, 4.69) is 31.1 Å². The number of nitrogen functional groups attached to an aromatic ring is 1. The molecule has 0 unspecified atom stereocenters. The van der Waals surface area contributed by atoms with Gasteiger partial charge in [-0.15, -0.1) is 5.10 Å². The number of hydrogen-bond acceptors (Lipinski definition) is 5. The summed E-state index contributed by atoms with van der Waals surface area (Å²) in [6.45, 7) is 5.76. The van der Waals surface area contributed by atoms with Gasteiger partial charge in [0.1, 0.15) is 5.03 Å². The lowest BCUT2D eigenvalue weighted by molar-refractivity contribution is 0.534. The lowest BCUT2D eigenvalue weighted by Gasteiger charge is -2.10. The Labute approximate surface area is 122 Å². The number of hydrogen-bond donors (Lipinski definition) is 2. The van der Waals surface area contributed by atoms with E-state index in [-0.39, 0.29) is 11.7 Å². The first kappa shape index (κ1) is 14.1. The van der Waals surface area contributed by atoms with E-state index in [1.807, 2.05) is 20.8 Å². The molecule has 3 N–H and O–H groups in total. The zero-order chi connectivity index (χ0) is 14.2. The molecular formula is C11H14BrN5OS. The van der Waals surface area contributed by atoms with Gasteiger partial charge in [-0.05, 0) is 54.0 Å². The molecule has 0 aliphatic rings. The molecule has 0 spiro atoms. The number of pyridine rings is 1. The number of halogens is 1. The minimum Gasteiger partial charge on any atom is -0.397 e. The van der Waals surface area contributed by atoms with Crippen LogP contribution in [0.1, 0.15) is 25.5 Å². The molecule has 6 nitrogen and oxygen atoms in total. The molecule has 8 heteroatoms. The maximum Gasteiger partial charge on any atom is 0.344 e. The number of nitrogens with zero attached hydrogens (tertiary/aromatic N) is 3. The molecule has 0 aliphatic carbocycles. The smallest absolute Gasteiger partial charge is 0.344 e. The molecule has 0 aliphatic heterocycles. The van der Waals surface area contributed by atoms with Gasteiger partial charge < -0.3 is 5.73 Å². The van der Waals surface area contributed by atoms with Gasteiger partial charge in [0, 0.05) is 6.04 Å². The average molecular weight is 344 g/mol. The monoisotopic (exact) mass is 343 g/mol. The molecule has 2 aromatic heterocycles. The molecule has 2 heterocycles. The Balaban J connectivity index is 2.43. The summed E-state index contributed by atoms with van der Waals surface area (Å²) < 4.78 is 2.41.